The normalized spacial score (nSPS) is 16.6. The van der Waals surface area contributed by atoms with E-state index in [-0.39, 0.29) is 0 Å². The molecule has 1 aliphatic rings. The number of thiocarbonyl (C=S) groups is 1. The molecule has 5 nitrogen and oxygen atoms in total. The van der Waals surface area contributed by atoms with Crippen molar-refractivity contribution in [1.82, 2.24) is 15.7 Å². The van der Waals surface area contributed by atoms with E-state index < -0.39 is 0 Å². The van der Waals surface area contributed by atoms with E-state index in [1.54, 1.807) is 0 Å². The third-order valence-corrected chi connectivity index (χ3v) is 3.17. The smallest absolute Gasteiger partial charge is 0.180 e. The van der Waals surface area contributed by atoms with Gasteiger partial charge in [-0.15, -0.1) is 0 Å². The zero-order valence-corrected chi connectivity index (χ0v) is 10.4. The fourth-order valence-corrected chi connectivity index (χ4v) is 2.19. The average molecular weight is 251 g/mol. The molecule has 1 aliphatic heterocycles. The van der Waals surface area contributed by atoms with Crippen LogP contribution in [0, 0.1) is 0 Å². The summed E-state index contributed by atoms with van der Waals surface area (Å²) in [5.74, 6) is 6.28. The van der Waals surface area contributed by atoms with Gasteiger partial charge in [0.05, 0.1) is 0 Å². The largest absolute Gasteiger partial charge is 0.359 e. The second-order valence-corrected chi connectivity index (χ2v) is 4.48. The van der Waals surface area contributed by atoms with Crippen molar-refractivity contribution in [3.63, 3.8) is 0 Å². The van der Waals surface area contributed by atoms with Gasteiger partial charge in [-0.05, 0) is 37.2 Å². The molecule has 0 radical (unpaired) electrons. The lowest BCUT2D eigenvalue weighted by Crippen LogP contribution is -2.49. The number of nitrogens with zero attached hydrogens (tertiary/aromatic N) is 2. The Balaban J connectivity index is 1.84. The summed E-state index contributed by atoms with van der Waals surface area (Å²) < 4.78 is 0. The van der Waals surface area contributed by atoms with Crippen LogP contribution in [-0.2, 0) is 0 Å². The number of rotatable bonds is 2. The molecule has 4 N–H and O–H groups in total. The highest BCUT2D eigenvalue weighted by atomic mass is 32.1. The van der Waals surface area contributed by atoms with E-state index in [0.29, 0.717) is 11.2 Å². The molecule has 6 heteroatoms. The third-order valence-electron chi connectivity index (χ3n) is 2.93. The maximum atomic E-state index is 5.23. The molecule has 0 aromatic carbocycles. The van der Waals surface area contributed by atoms with E-state index >= 15 is 0 Å². The van der Waals surface area contributed by atoms with Crippen LogP contribution in [0.2, 0.25) is 0 Å². The maximum Gasteiger partial charge on any atom is 0.180 e. The minimum Gasteiger partial charge on any atom is -0.359 e. The summed E-state index contributed by atoms with van der Waals surface area (Å²) in [7, 11) is 0. The van der Waals surface area contributed by atoms with Crippen LogP contribution < -0.4 is 21.5 Å². The van der Waals surface area contributed by atoms with Gasteiger partial charge in [-0.1, -0.05) is 6.07 Å². The second-order valence-electron chi connectivity index (χ2n) is 4.07. The number of anilines is 1. The van der Waals surface area contributed by atoms with Crippen LogP contribution in [0.1, 0.15) is 12.8 Å². The van der Waals surface area contributed by atoms with Crippen molar-refractivity contribution in [3.8, 4) is 0 Å². The Hall–Kier alpha value is -1.40. The Morgan fingerprint density at radius 1 is 1.41 bits per heavy atom. The predicted octanol–water partition coefficient (Wildman–Crippen LogP) is 0.388. The zero-order valence-electron chi connectivity index (χ0n) is 9.60. The van der Waals surface area contributed by atoms with Crippen molar-refractivity contribution in [2.24, 2.45) is 5.84 Å². The van der Waals surface area contributed by atoms with Gasteiger partial charge in [0, 0.05) is 25.3 Å². The van der Waals surface area contributed by atoms with Crippen LogP contribution in [0.15, 0.2) is 24.4 Å². The summed E-state index contributed by atoms with van der Waals surface area (Å²) >= 11 is 4.99. The molecule has 2 rings (SSSR count). The van der Waals surface area contributed by atoms with Crippen LogP contribution in [0.25, 0.3) is 0 Å². The molecule has 0 amide bonds. The number of pyridine rings is 1. The molecular formula is C11H17N5S. The number of hydrogen-bond acceptors (Lipinski definition) is 4. The van der Waals surface area contributed by atoms with Gasteiger partial charge >= 0.3 is 0 Å². The summed E-state index contributed by atoms with van der Waals surface area (Å²) in [4.78, 5) is 6.64. The summed E-state index contributed by atoms with van der Waals surface area (Å²) in [6.45, 7) is 1.98. The Bertz CT molecular complexity index is 361. The molecule has 1 aromatic rings. The number of hydrazine groups is 1. The molecule has 17 heavy (non-hydrogen) atoms. The number of aromatic nitrogens is 1. The molecule has 1 fully saturated rings. The van der Waals surface area contributed by atoms with Crippen molar-refractivity contribution < 1.29 is 0 Å². The van der Waals surface area contributed by atoms with Crippen molar-refractivity contribution in [1.29, 1.82) is 0 Å². The summed E-state index contributed by atoms with van der Waals surface area (Å²) in [6, 6.07) is 6.39. The molecular weight excluding hydrogens is 234 g/mol. The summed E-state index contributed by atoms with van der Waals surface area (Å²) in [6.07, 6.45) is 3.91. The van der Waals surface area contributed by atoms with Gasteiger partial charge in [0.25, 0.3) is 0 Å². The first-order chi connectivity index (χ1) is 8.29. The van der Waals surface area contributed by atoms with Gasteiger partial charge in [0.1, 0.15) is 5.82 Å². The van der Waals surface area contributed by atoms with E-state index in [4.69, 9.17) is 18.1 Å². The quantitative estimate of drug-likeness (QED) is 0.401. The SMILES string of the molecule is NNC(=S)NC1CCN(c2ccccn2)CC1. The van der Waals surface area contributed by atoms with Gasteiger partial charge < -0.3 is 15.6 Å². The van der Waals surface area contributed by atoms with Gasteiger partial charge in [-0.3, -0.25) is 0 Å². The minimum atomic E-state index is 0.401. The Morgan fingerprint density at radius 3 is 2.76 bits per heavy atom. The number of nitrogens with one attached hydrogen (secondary N) is 2. The molecule has 0 atom stereocenters. The van der Waals surface area contributed by atoms with E-state index in [2.05, 4.69) is 20.6 Å². The Kier molecular flexibility index (Phi) is 4.11. The summed E-state index contributed by atoms with van der Waals surface area (Å²) in [5, 5.41) is 3.70. The molecule has 0 unspecified atom stereocenters. The van der Waals surface area contributed by atoms with Crippen LogP contribution in [0.3, 0.4) is 0 Å². The molecule has 0 bridgehead atoms. The van der Waals surface area contributed by atoms with Gasteiger partial charge in [-0.25, -0.2) is 10.8 Å². The lowest BCUT2D eigenvalue weighted by Gasteiger charge is -2.33. The van der Waals surface area contributed by atoms with Crippen molar-refractivity contribution >= 4 is 23.1 Å². The van der Waals surface area contributed by atoms with Crippen molar-refractivity contribution in [2.45, 2.75) is 18.9 Å². The Labute approximate surface area is 106 Å². The number of hydrogen-bond donors (Lipinski definition) is 3. The molecule has 1 saturated heterocycles. The van der Waals surface area contributed by atoms with E-state index in [0.717, 1.165) is 31.7 Å². The minimum absolute atomic E-state index is 0.401. The van der Waals surface area contributed by atoms with Crippen LogP contribution in [0.5, 0.6) is 0 Å². The second kappa shape index (κ2) is 5.79. The van der Waals surface area contributed by atoms with E-state index in [1.165, 1.54) is 0 Å². The molecule has 92 valence electrons. The lowest BCUT2D eigenvalue weighted by molar-refractivity contribution is 0.462. The average Bonchev–Trinajstić information content (AvgIpc) is 2.40. The fourth-order valence-electron chi connectivity index (χ4n) is 2.02. The highest BCUT2D eigenvalue weighted by Crippen LogP contribution is 2.16. The first-order valence-electron chi connectivity index (χ1n) is 5.72. The highest BCUT2D eigenvalue weighted by Gasteiger charge is 2.20. The molecule has 2 heterocycles. The van der Waals surface area contributed by atoms with Gasteiger partial charge in [-0.2, -0.15) is 0 Å². The monoisotopic (exact) mass is 251 g/mol. The van der Waals surface area contributed by atoms with Crippen molar-refractivity contribution in [3.05, 3.63) is 24.4 Å². The molecule has 0 aliphatic carbocycles. The lowest BCUT2D eigenvalue weighted by atomic mass is 10.1. The van der Waals surface area contributed by atoms with Crippen LogP contribution in [0.4, 0.5) is 5.82 Å². The first-order valence-corrected chi connectivity index (χ1v) is 6.13. The van der Waals surface area contributed by atoms with Gasteiger partial charge in [0.15, 0.2) is 5.11 Å². The summed E-state index contributed by atoms with van der Waals surface area (Å²) in [5.41, 5.74) is 2.45. The standard InChI is InChI=1S/C11H17N5S/c12-15-11(17)14-9-4-7-16(8-5-9)10-3-1-2-6-13-10/h1-3,6,9H,4-5,7-8,12H2,(H2,14,15,17). The number of piperidine rings is 1. The fraction of sp³-hybridized carbons (Fsp3) is 0.455. The predicted molar refractivity (Wildman–Crippen MR) is 72.5 cm³/mol. The van der Waals surface area contributed by atoms with E-state index in [9.17, 15) is 0 Å². The first kappa shape index (κ1) is 12.1. The van der Waals surface area contributed by atoms with Crippen LogP contribution in [-0.4, -0.2) is 29.2 Å². The topological polar surface area (TPSA) is 66.2 Å². The van der Waals surface area contributed by atoms with Crippen molar-refractivity contribution in [2.75, 3.05) is 18.0 Å². The highest BCUT2D eigenvalue weighted by molar-refractivity contribution is 7.80. The zero-order chi connectivity index (χ0) is 12.1. The van der Waals surface area contributed by atoms with Gasteiger partial charge in [0.2, 0.25) is 0 Å². The Morgan fingerprint density at radius 2 is 2.18 bits per heavy atom. The molecule has 1 aromatic heterocycles. The number of nitrogens with two attached hydrogens (primary N) is 1. The molecule has 0 spiro atoms. The molecule has 0 saturated carbocycles. The van der Waals surface area contributed by atoms with E-state index in [1.807, 2.05) is 24.4 Å². The van der Waals surface area contributed by atoms with Crippen LogP contribution >= 0.6 is 12.2 Å². The third kappa shape index (κ3) is 3.28. The maximum absolute atomic E-state index is 5.23.